The van der Waals surface area contributed by atoms with Gasteiger partial charge in [0.1, 0.15) is 0 Å². The monoisotopic (exact) mass is 239 g/mol. The number of amides is 1. The number of carbonyl (C=O) groups excluding carboxylic acids is 1. The summed E-state index contributed by atoms with van der Waals surface area (Å²) in [6.45, 7) is 1.63. The van der Waals surface area contributed by atoms with Gasteiger partial charge in [0, 0.05) is 24.7 Å². The first-order valence-corrected chi connectivity index (χ1v) is 5.59. The zero-order chi connectivity index (χ0) is 9.68. The van der Waals surface area contributed by atoms with Crippen LogP contribution in [0.5, 0.6) is 0 Å². The van der Waals surface area contributed by atoms with Crippen molar-refractivity contribution in [2.75, 3.05) is 38.8 Å². The average molecular weight is 240 g/mol. The van der Waals surface area contributed by atoms with Crippen molar-refractivity contribution in [2.45, 2.75) is 6.04 Å². The smallest absolute Gasteiger partial charge is 0.238 e. The normalized spacial score (nSPS) is 20.6. The second-order valence-electron chi connectivity index (χ2n) is 3.37. The Morgan fingerprint density at radius 1 is 1.64 bits per heavy atom. The number of carbonyl (C=O) groups is 1. The maximum absolute atomic E-state index is 11.4. The summed E-state index contributed by atoms with van der Waals surface area (Å²) in [5.41, 5.74) is 0. The lowest BCUT2D eigenvalue weighted by molar-refractivity contribution is -0.122. The minimum absolute atomic E-state index is 0. The zero-order valence-electron chi connectivity index (χ0n) is 8.58. The summed E-state index contributed by atoms with van der Waals surface area (Å²) in [5, 5.41) is 6.03. The van der Waals surface area contributed by atoms with Crippen LogP contribution in [0.15, 0.2) is 0 Å². The summed E-state index contributed by atoms with van der Waals surface area (Å²) < 4.78 is 0. The van der Waals surface area contributed by atoms with Crippen LogP contribution in [0.4, 0.5) is 0 Å². The van der Waals surface area contributed by atoms with E-state index < -0.39 is 0 Å². The van der Waals surface area contributed by atoms with Crippen molar-refractivity contribution in [3.63, 3.8) is 0 Å². The molecule has 0 aliphatic carbocycles. The van der Waals surface area contributed by atoms with Crippen LogP contribution in [0.2, 0.25) is 0 Å². The summed E-state index contributed by atoms with van der Waals surface area (Å²) >= 11 is 1.77. The molecule has 0 aromatic heterocycles. The number of hydrogen-bond acceptors (Lipinski definition) is 4. The van der Waals surface area contributed by atoms with Crippen LogP contribution in [-0.4, -0.2) is 55.7 Å². The Morgan fingerprint density at radius 2 is 2.36 bits per heavy atom. The minimum atomic E-state index is 0. The standard InChI is InChI=1S/C8H17N3OS.ClH/c1-11(2)4-3-9-8(12)7-5-13-6-10-7;/h7,10H,3-6H2,1-2H3,(H,9,12);1H. The highest BCUT2D eigenvalue weighted by atomic mass is 35.5. The van der Waals surface area contributed by atoms with Crippen molar-refractivity contribution in [3.8, 4) is 0 Å². The van der Waals surface area contributed by atoms with Gasteiger partial charge in [-0.25, -0.2) is 0 Å². The van der Waals surface area contributed by atoms with Crippen molar-refractivity contribution < 1.29 is 4.79 Å². The molecule has 84 valence electrons. The maximum Gasteiger partial charge on any atom is 0.238 e. The Morgan fingerprint density at radius 3 is 2.86 bits per heavy atom. The van der Waals surface area contributed by atoms with Crippen LogP contribution in [0.25, 0.3) is 0 Å². The molecule has 6 heteroatoms. The quantitative estimate of drug-likeness (QED) is 0.710. The van der Waals surface area contributed by atoms with Crippen molar-refractivity contribution in [3.05, 3.63) is 0 Å². The summed E-state index contributed by atoms with van der Waals surface area (Å²) in [4.78, 5) is 13.5. The molecule has 0 bridgehead atoms. The fourth-order valence-corrected chi connectivity index (χ4v) is 2.03. The molecule has 0 spiro atoms. The van der Waals surface area contributed by atoms with E-state index in [1.807, 2.05) is 14.1 Å². The second kappa shape index (κ2) is 7.34. The largest absolute Gasteiger partial charge is 0.353 e. The maximum atomic E-state index is 11.4. The molecule has 1 atom stereocenters. The van der Waals surface area contributed by atoms with Gasteiger partial charge in [0.05, 0.1) is 6.04 Å². The lowest BCUT2D eigenvalue weighted by Gasteiger charge is -2.13. The molecule has 1 heterocycles. The number of hydrogen-bond donors (Lipinski definition) is 2. The van der Waals surface area contributed by atoms with Gasteiger partial charge < -0.3 is 10.2 Å². The first-order chi connectivity index (χ1) is 6.20. The second-order valence-corrected chi connectivity index (χ2v) is 4.40. The van der Waals surface area contributed by atoms with Gasteiger partial charge in [-0.3, -0.25) is 10.1 Å². The number of thioether (sulfide) groups is 1. The molecule has 1 aliphatic rings. The van der Waals surface area contributed by atoms with Gasteiger partial charge >= 0.3 is 0 Å². The van der Waals surface area contributed by atoms with Crippen molar-refractivity contribution in [2.24, 2.45) is 0 Å². The predicted octanol–water partition coefficient (Wildman–Crippen LogP) is -0.251. The topological polar surface area (TPSA) is 44.4 Å². The third-order valence-electron chi connectivity index (χ3n) is 1.89. The van der Waals surface area contributed by atoms with E-state index in [0.29, 0.717) is 0 Å². The van der Waals surface area contributed by atoms with Gasteiger partial charge in [-0.05, 0) is 14.1 Å². The molecule has 0 aromatic carbocycles. The summed E-state index contributed by atoms with van der Waals surface area (Å²) in [6.07, 6.45) is 0. The summed E-state index contributed by atoms with van der Waals surface area (Å²) in [5.74, 6) is 1.92. The molecular weight excluding hydrogens is 222 g/mol. The van der Waals surface area contributed by atoms with E-state index in [0.717, 1.165) is 24.7 Å². The van der Waals surface area contributed by atoms with Crippen LogP contribution in [0, 0.1) is 0 Å². The van der Waals surface area contributed by atoms with Crippen molar-refractivity contribution in [1.82, 2.24) is 15.5 Å². The number of nitrogens with zero attached hydrogens (tertiary/aromatic N) is 1. The Kier molecular flexibility index (Phi) is 7.35. The van der Waals surface area contributed by atoms with E-state index in [2.05, 4.69) is 15.5 Å². The van der Waals surface area contributed by atoms with Crippen LogP contribution < -0.4 is 10.6 Å². The molecule has 4 nitrogen and oxygen atoms in total. The van der Waals surface area contributed by atoms with E-state index in [4.69, 9.17) is 0 Å². The lowest BCUT2D eigenvalue weighted by Crippen LogP contribution is -2.43. The van der Waals surface area contributed by atoms with E-state index in [9.17, 15) is 4.79 Å². The van der Waals surface area contributed by atoms with Crippen LogP contribution in [0.3, 0.4) is 0 Å². The predicted molar refractivity (Wildman–Crippen MR) is 63.1 cm³/mol. The number of halogens is 1. The third-order valence-corrected chi connectivity index (χ3v) is 2.83. The molecule has 14 heavy (non-hydrogen) atoms. The molecular formula is C8H18ClN3OS. The summed E-state index contributed by atoms with van der Waals surface area (Å²) in [7, 11) is 3.99. The lowest BCUT2D eigenvalue weighted by atomic mass is 10.3. The van der Waals surface area contributed by atoms with E-state index in [1.165, 1.54) is 0 Å². The molecule has 0 aromatic rings. The van der Waals surface area contributed by atoms with Gasteiger partial charge in [0.25, 0.3) is 0 Å². The van der Waals surface area contributed by atoms with Crippen LogP contribution >= 0.6 is 24.2 Å². The zero-order valence-corrected chi connectivity index (χ0v) is 10.2. The molecule has 0 saturated carbocycles. The van der Waals surface area contributed by atoms with Gasteiger partial charge in [0.2, 0.25) is 5.91 Å². The molecule has 1 aliphatic heterocycles. The molecule has 1 fully saturated rings. The SMILES string of the molecule is CN(C)CCNC(=O)C1CSCN1.Cl. The fourth-order valence-electron chi connectivity index (χ4n) is 1.09. The van der Waals surface area contributed by atoms with Gasteiger partial charge in [-0.2, -0.15) is 0 Å². The molecule has 0 radical (unpaired) electrons. The first-order valence-electron chi connectivity index (χ1n) is 4.43. The van der Waals surface area contributed by atoms with Crippen LogP contribution in [0.1, 0.15) is 0 Å². The van der Waals surface area contributed by atoms with E-state index >= 15 is 0 Å². The molecule has 1 unspecified atom stereocenters. The highest BCUT2D eigenvalue weighted by Crippen LogP contribution is 2.08. The van der Waals surface area contributed by atoms with E-state index in [1.54, 1.807) is 11.8 Å². The Labute approximate surface area is 95.6 Å². The average Bonchev–Trinajstić information content (AvgIpc) is 2.55. The number of rotatable bonds is 4. The van der Waals surface area contributed by atoms with E-state index in [-0.39, 0.29) is 24.4 Å². The van der Waals surface area contributed by atoms with Crippen molar-refractivity contribution >= 4 is 30.1 Å². The summed E-state index contributed by atoms with van der Waals surface area (Å²) in [6, 6.07) is 0.0205. The van der Waals surface area contributed by atoms with Gasteiger partial charge in [-0.15, -0.1) is 24.2 Å². The Bertz CT molecular complexity index is 174. The van der Waals surface area contributed by atoms with Gasteiger partial charge in [-0.1, -0.05) is 0 Å². The fraction of sp³-hybridized carbons (Fsp3) is 0.875. The third kappa shape index (κ3) is 5.05. The van der Waals surface area contributed by atoms with Crippen LogP contribution in [-0.2, 0) is 4.79 Å². The Hall–Kier alpha value is 0.0300. The Balaban J connectivity index is 0.00000169. The molecule has 1 rings (SSSR count). The highest BCUT2D eigenvalue weighted by molar-refractivity contribution is 7.99. The highest BCUT2D eigenvalue weighted by Gasteiger charge is 2.21. The first kappa shape index (κ1) is 14.0. The minimum Gasteiger partial charge on any atom is -0.353 e. The molecule has 1 amide bonds. The number of nitrogens with one attached hydrogen (secondary N) is 2. The van der Waals surface area contributed by atoms with Crippen molar-refractivity contribution in [1.29, 1.82) is 0 Å². The van der Waals surface area contributed by atoms with Gasteiger partial charge in [0.15, 0.2) is 0 Å². The number of likely N-dealkylation sites (N-methyl/N-ethyl adjacent to an activating group) is 1. The molecule has 1 saturated heterocycles. The molecule has 2 N–H and O–H groups in total.